The number of hydrogen-bond donors (Lipinski definition) is 1. The molecule has 0 aliphatic rings. The van der Waals surface area contributed by atoms with Crippen LogP contribution in [0.2, 0.25) is 0 Å². The molecular formula is C14H16N2O. The van der Waals surface area contributed by atoms with Crippen molar-refractivity contribution in [1.29, 1.82) is 0 Å². The highest BCUT2D eigenvalue weighted by molar-refractivity contribution is 5.61. The van der Waals surface area contributed by atoms with Gasteiger partial charge < -0.3 is 5.11 Å². The fraction of sp³-hybridized carbons (Fsp3) is 0.214. The maximum absolute atomic E-state index is 10.0. The van der Waals surface area contributed by atoms with Gasteiger partial charge >= 0.3 is 0 Å². The van der Waals surface area contributed by atoms with Crippen LogP contribution in [0.1, 0.15) is 23.6 Å². The lowest BCUT2D eigenvalue weighted by atomic mass is 10.1. The Morgan fingerprint density at radius 2 is 2.06 bits per heavy atom. The minimum absolute atomic E-state index is 0.270. The summed E-state index contributed by atoms with van der Waals surface area (Å²) in [4.78, 5) is 0. The standard InChI is InChI=1S/C14H16N2O/c1-9(2)12-7-15-16(8-12)13-6-10(3)5-11(4)14(13)17/h5-8,17H,1H2,2-4H3. The Morgan fingerprint density at radius 3 is 2.65 bits per heavy atom. The van der Waals surface area contributed by atoms with E-state index in [4.69, 9.17) is 0 Å². The molecule has 1 heterocycles. The molecule has 0 saturated heterocycles. The number of aryl methyl sites for hydroxylation is 2. The first-order valence-corrected chi connectivity index (χ1v) is 5.50. The summed E-state index contributed by atoms with van der Waals surface area (Å²) < 4.78 is 1.68. The molecule has 2 rings (SSSR count). The molecule has 0 atom stereocenters. The van der Waals surface area contributed by atoms with Crippen LogP contribution in [0.3, 0.4) is 0 Å². The Kier molecular flexibility index (Phi) is 2.76. The molecule has 0 amide bonds. The van der Waals surface area contributed by atoms with Gasteiger partial charge in [-0.25, -0.2) is 4.68 Å². The zero-order chi connectivity index (χ0) is 12.6. The largest absolute Gasteiger partial charge is 0.505 e. The van der Waals surface area contributed by atoms with E-state index >= 15 is 0 Å². The molecule has 0 spiro atoms. The van der Waals surface area contributed by atoms with Gasteiger partial charge in [0.05, 0.1) is 6.20 Å². The van der Waals surface area contributed by atoms with Gasteiger partial charge in [0.25, 0.3) is 0 Å². The third-order valence-electron chi connectivity index (χ3n) is 2.75. The molecule has 0 unspecified atom stereocenters. The molecule has 88 valence electrons. The highest BCUT2D eigenvalue weighted by Gasteiger charge is 2.09. The number of phenolic OH excluding ortho intramolecular Hbond substituents is 1. The first-order chi connectivity index (χ1) is 7.99. The predicted molar refractivity (Wildman–Crippen MR) is 69.4 cm³/mol. The quantitative estimate of drug-likeness (QED) is 0.857. The van der Waals surface area contributed by atoms with Crippen molar-refractivity contribution in [2.24, 2.45) is 0 Å². The molecule has 0 radical (unpaired) electrons. The number of allylic oxidation sites excluding steroid dienone is 1. The van der Waals surface area contributed by atoms with Crippen molar-refractivity contribution in [3.63, 3.8) is 0 Å². The topological polar surface area (TPSA) is 38.0 Å². The van der Waals surface area contributed by atoms with Crippen molar-refractivity contribution in [3.05, 3.63) is 47.8 Å². The lowest BCUT2D eigenvalue weighted by molar-refractivity contribution is 0.466. The van der Waals surface area contributed by atoms with Crippen LogP contribution in [-0.2, 0) is 0 Å². The first-order valence-electron chi connectivity index (χ1n) is 5.50. The minimum Gasteiger partial charge on any atom is -0.505 e. The number of hydrogen-bond acceptors (Lipinski definition) is 2. The van der Waals surface area contributed by atoms with E-state index in [-0.39, 0.29) is 5.75 Å². The van der Waals surface area contributed by atoms with E-state index in [0.29, 0.717) is 5.69 Å². The molecule has 1 aromatic carbocycles. The van der Waals surface area contributed by atoms with E-state index in [0.717, 1.165) is 22.3 Å². The summed E-state index contributed by atoms with van der Waals surface area (Å²) in [6, 6.07) is 3.86. The summed E-state index contributed by atoms with van der Waals surface area (Å²) >= 11 is 0. The Hall–Kier alpha value is -2.03. The number of phenols is 1. The van der Waals surface area contributed by atoms with Crippen molar-refractivity contribution in [1.82, 2.24) is 9.78 Å². The van der Waals surface area contributed by atoms with E-state index in [1.54, 1.807) is 10.9 Å². The summed E-state index contributed by atoms with van der Waals surface area (Å²) in [5, 5.41) is 14.3. The third-order valence-corrected chi connectivity index (χ3v) is 2.75. The molecule has 0 aliphatic heterocycles. The van der Waals surface area contributed by atoms with Gasteiger partial charge in [-0.05, 0) is 43.5 Å². The monoisotopic (exact) mass is 228 g/mol. The van der Waals surface area contributed by atoms with Crippen LogP contribution >= 0.6 is 0 Å². The van der Waals surface area contributed by atoms with Gasteiger partial charge in [0.1, 0.15) is 11.4 Å². The average molecular weight is 228 g/mol. The molecule has 17 heavy (non-hydrogen) atoms. The van der Waals surface area contributed by atoms with Crippen LogP contribution in [0.5, 0.6) is 5.75 Å². The van der Waals surface area contributed by atoms with Crippen molar-refractivity contribution in [2.45, 2.75) is 20.8 Å². The summed E-state index contributed by atoms with van der Waals surface area (Å²) in [5.74, 6) is 0.270. The summed E-state index contributed by atoms with van der Waals surface area (Å²) in [6.45, 7) is 9.69. The van der Waals surface area contributed by atoms with Gasteiger partial charge in [-0.1, -0.05) is 12.6 Å². The fourth-order valence-electron chi connectivity index (χ4n) is 1.79. The molecule has 3 heteroatoms. The molecule has 0 fully saturated rings. The van der Waals surface area contributed by atoms with Crippen LogP contribution in [0.4, 0.5) is 0 Å². The van der Waals surface area contributed by atoms with Crippen LogP contribution in [0.25, 0.3) is 11.3 Å². The molecule has 0 bridgehead atoms. The average Bonchev–Trinajstić information content (AvgIpc) is 2.72. The van der Waals surface area contributed by atoms with Crippen LogP contribution in [-0.4, -0.2) is 14.9 Å². The summed E-state index contributed by atoms with van der Waals surface area (Å²) in [5.41, 5.74) is 4.59. The number of aromatic nitrogens is 2. The minimum atomic E-state index is 0.270. The third kappa shape index (κ3) is 2.09. The maximum Gasteiger partial charge on any atom is 0.144 e. The van der Waals surface area contributed by atoms with Gasteiger partial charge in [-0.2, -0.15) is 5.10 Å². The van der Waals surface area contributed by atoms with Gasteiger partial charge in [-0.3, -0.25) is 0 Å². The van der Waals surface area contributed by atoms with E-state index < -0.39 is 0 Å². The van der Waals surface area contributed by atoms with Crippen molar-refractivity contribution in [2.75, 3.05) is 0 Å². The highest BCUT2D eigenvalue weighted by Crippen LogP contribution is 2.27. The molecule has 2 aromatic rings. The van der Waals surface area contributed by atoms with Crippen LogP contribution in [0.15, 0.2) is 31.1 Å². The Bertz CT molecular complexity index is 582. The number of rotatable bonds is 2. The van der Waals surface area contributed by atoms with Crippen LogP contribution < -0.4 is 0 Å². The normalized spacial score (nSPS) is 10.5. The highest BCUT2D eigenvalue weighted by atomic mass is 16.3. The number of nitrogens with zero attached hydrogens (tertiary/aromatic N) is 2. The molecule has 1 N–H and O–H groups in total. The second-order valence-corrected chi connectivity index (χ2v) is 4.40. The number of aromatic hydroxyl groups is 1. The Morgan fingerprint density at radius 1 is 1.35 bits per heavy atom. The Balaban J connectivity index is 2.56. The second kappa shape index (κ2) is 4.09. The van der Waals surface area contributed by atoms with Gasteiger partial charge in [0.15, 0.2) is 0 Å². The maximum atomic E-state index is 10.0. The lowest BCUT2D eigenvalue weighted by Crippen LogP contribution is -1.96. The zero-order valence-electron chi connectivity index (χ0n) is 10.4. The molecular weight excluding hydrogens is 212 g/mol. The van der Waals surface area contributed by atoms with Crippen LogP contribution in [0, 0.1) is 13.8 Å². The fourth-order valence-corrected chi connectivity index (χ4v) is 1.79. The Labute approximate surface area is 101 Å². The second-order valence-electron chi connectivity index (χ2n) is 4.40. The van der Waals surface area contributed by atoms with Crippen molar-refractivity contribution >= 4 is 5.57 Å². The summed E-state index contributed by atoms with van der Waals surface area (Å²) in [7, 11) is 0. The van der Waals surface area contributed by atoms with E-state index in [1.165, 1.54) is 0 Å². The van der Waals surface area contributed by atoms with Crippen molar-refractivity contribution in [3.8, 4) is 11.4 Å². The van der Waals surface area contributed by atoms with E-state index in [2.05, 4.69) is 11.7 Å². The first kappa shape index (κ1) is 11.5. The molecule has 0 saturated carbocycles. The molecule has 3 nitrogen and oxygen atoms in total. The lowest BCUT2D eigenvalue weighted by Gasteiger charge is -2.08. The van der Waals surface area contributed by atoms with Crippen molar-refractivity contribution < 1.29 is 5.11 Å². The summed E-state index contributed by atoms with van der Waals surface area (Å²) in [6.07, 6.45) is 3.62. The SMILES string of the molecule is C=C(C)c1cnn(-c2cc(C)cc(C)c2O)c1. The van der Waals surface area contributed by atoms with Gasteiger partial charge in [0, 0.05) is 11.8 Å². The smallest absolute Gasteiger partial charge is 0.144 e. The molecule has 1 aromatic heterocycles. The number of benzene rings is 1. The van der Waals surface area contributed by atoms with Gasteiger partial charge in [-0.15, -0.1) is 0 Å². The van der Waals surface area contributed by atoms with E-state index in [1.807, 2.05) is 39.1 Å². The van der Waals surface area contributed by atoms with E-state index in [9.17, 15) is 5.11 Å². The van der Waals surface area contributed by atoms with Gasteiger partial charge in [0.2, 0.25) is 0 Å². The molecule has 0 aliphatic carbocycles. The predicted octanol–water partition coefficient (Wildman–Crippen LogP) is 3.23. The zero-order valence-corrected chi connectivity index (χ0v) is 10.4.